The van der Waals surface area contributed by atoms with E-state index in [1.165, 1.54) is 0 Å². The van der Waals surface area contributed by atoms with Gasteiger partial charge in [-0.3, -0.25) is 9.59 Å². The van der Waals surface area contributed by atoms with Gasteiger partial charge in [0.2, 0.25) is 5.91 Å². The summed E-state index contributed by atoms with van der Waals surface area (Å²) in [6.07, 6.45) is 1.97. The van der Waals surface area contributed by atoms with E-state index in [0.717, 1.165) is 30.4 Å². The zero-order valence-corrected chi connectivity index (χ0v) is 14.6. The van der Waals surface area contributed by atoms with Gasteiger partial charge in [-0.15, -0.1) is 12.4 Å². The Balaban J connectivity index is 0.00000242. The van der Waals surface area contributed by atoms with Crippen molar-refractivity contribution in [3.63, 3.8) is 0 Å². The predicted molar refractivity (Wildman–Crippen MR) is 92.3 cm³/mol. The molecule has 3 N–H and O–H groups in total. The highest BCUT2D eigenvalue weighted by atomic mass is 79.9. The number of carbonyl (C=O) groups excluding carboxylic acids is 2. The molecular formula is C15H21BrClN3O2. The molecule has 0 aliphatic carbocycles. The zero-order valence-electron chi connectivity index (χ0n) is 12.2. The van der Waals surface area contributed by atoms with Crippen LogP contribution in [0.5, 0.6) is 0 Å². The largest absolute Gasteiger partial charge is 0.354 e. The molecule has 1 saturated heterocycles. The van der Waals surface area contributed by atoms with Crippen molar-refractivity contribution in [1.82, 2.24) is 16.0 Å². The number of amides is 2. The predicted octanol–water partition coefficient (Wildman–Crippen LogP) is 1.72. The molecule has 1 aliphatic rings. The van der Waals surface area contributed by atoms with Crippen LogP contribution in [0.4, 0.5) is 0 Å². The second-order valence-electron chi connectivity index (χ2n) is 5.10. The lowest BCUT2D eigenvalue weighted by Gasteiger charge is -2.21. The van der Waals surface area contributed by atoms with E-state index >= 15 is 0 Å². The van der Waals surface area contributed by atoms with E-state index in [9.17, 15) is 9.59 Å². The molecule has 2 amide bonds. The molecular weight excluding hydrogens is 370 g/mol. The van der Waals surface area contributed by atoms with Gasteiger partial charge in [0, 0.05) is 29.7 Å². The Morgan fingerprint density at radius 3 is 2.73 bits per heavy atom. The molecule has 1 aromatic rings. The fourth-order valence-corrected chi connectivity index (χ4v) is 2.71. The van der Waals surface area contributed by atoms with Gasteiger partial charge in [-0.25, -0.2) is 0 Å². The number of rotatable bonds is 5. The summed E-state index contributed by atoms with van der Waals surface area (Å²) in [6, 6.07) is 7.21. The first-order valence-electron chi connectivity index (χ1n) is 7.19. The van der Waals surface area contributed by atoms with Gasteiger partial charge in [0.15, 0.2) is 0 Å². The fraction of sp³-hybridized carbons (Fsp3) is 0.467. The Hall–Kier alpha value is -1.11. The Morgan fingerprint density at radius 2 is 2.05 bits per heavy atom. The molecule has 5 nitrogen and oxygen atoms in total. The van der Waals surface area contributed by atoms with Crippen molar-refractivity contribution < 1.29 is 9.59 Å². The standard InChI is InChI=1S/C15H20BrN3O2.ClH/c16-13-5-1-3-11(9-13)14(20)18-7-8-19-15(21)12-4-2-6-17-10-12;/h1,3,5,9,12,17H,2,4,6-8,10H2,(H,18,20)(H,19,21);1H. The Labute approximate surface area is 145 Å². The van der Waals surface area contributed by atoms with Crippen molar-refractivity contribution in [2.24, 2.45) is 5.92 Å². The summed E-state index contributed by atoms with van der Waals surface area (Å²) in [6.45, 7) is 2.62. The minimum Gasteiger partial charge on any atom is -0.354 e. The molecule has 1 fully saturated rings. The first kappa shape index (κ1) is 18.9. The van der Waals surface area contributed by atoms with Crippen molar-refractivity contribution in [1.29, 1.82) is 0 Å². The molecule has 0 bridgehead atoms. The summed E-state index contributed by atoms with van der Waals surface area (Å²) in [5.74, 6) is -0.0108. The van der Waals surface area contributed by atoms with E-state index in [1.54, 1.807) is 12.1 Å². The molecule has 122 valence electrons. The molecule has 1 atom stereocenters. The van der Waals surface area contributed by atoms with Crippen LogP contribution < -0.4 is 16.0 Å². The normalized spacial score (nSPS) is 17.2. The second-order valence-corrected chi connectivity index (χ2v) is 6.02. The third kappa shape index (κ3) is 5.94. The summed E-state index contributed by atoms with van der Waals surface area (Å²) in [4.78, 5) is 23.8. The van der Waals surface area contributed by atoms with Crippen LogP contribution in [0.25, 0.3) is 0 Å². The molecule has 1 aromatic carbocycles. The van der Waals surface area contributed by atoms with Crippen LogP contribution in [0.3, 0.4) is 0 Å². The zero-order chi connectivity index (χ0) is 15.1. The molecule has 0 aromatic heterocycles. The van der Waals surface area contributed by atoms with Crippen LogP contribution in [0, 0.1) is 5.92 Å². The van der Waals surface area contributed by atoms with Gasteiger partial charge < -0.3 is 16.0 Å². The third-order valence-corrected chi connectivity index (χ3v) is 3.96. The first-order chi connectivity index (χ1) is 10.2. The fourth-order valence-electron chi connectivity index (χ4n) is 2.31. The van der Waals surface area contributed by atoms with Crippen LogP contribution in [0.15, 0.2) is 28.7 Å². The smallest absolute Gasteiger partial charge is 0.251 e. The maximum absolute atomic E-state index is 11.9. The minimum absolute atomic E-state index is 0. The number of hydrogen-bond donors (Lipinski definition) is 3. The number of piperidine rings is 1. The SMILES string of the molecule is Cl.O=C(NCCNC(=O)C1CCCNC1)c1cccc(Br)c1. The minimum atomic E-state index is -0.134. The van der Waals surface area contributed by atoms with Crippen molar-refractivity contribution >= 4 is 40.2 Å². The van der Waals surface area contributed by atoms with Crippen LogP contribution in [-0.2, 0) is 4.79 Å². The first-order valence-corrected chi connectivity index (χ1v) is 7.98. The quantitative estimate of drug-likeness (QED) is 0.671. The molecule has 22 heavy (non-hydrogen) atoms. The summed E-state index contributed by atoms with van der Waals surface area (Å²) in [7, 11) is 0. The van der Waals surface area contributed by atoms with E-state index in [-0.39, 0.29) is 30.1 Å². The monoisotopic (exact) mass is 389 g/mol. The third-order valence-electron chi connectivity index (χ3n) is 3.46. The van der Waals surface area contributed by atoms with Crippen molar-refractivity contribution in [3.05, 3.63) is 34.3 Å². The number of carbonyl (C=O) groups is 2. The molecule has 0 spiro atoms. The summed E-state index contributed by atoms with van der Waals surface area (Å²) < 4.78 is 0.869. The Bertz CT molecular complexity index is 507. The molecule has 1 aliphatic heterocycles. The molecule has 0 saturated carbocycles. The lowest BCUT2D eigenvalue weighted by molar-refractivity contribution is -0.125. The van der Waals surface area contributed by atoms with Gasteiger partial charge in [-0.05, 0) is 37.6 Å². The second kappa shape index (κ2) is 9.82. The van der Waals surface area contributed by atoms with Crippen molar-refractivity contribution in [2.45, 2.75) is 12.8 Å². The van der Waals surface area contributed by atoms with Gasteiger partial charge >= 0.3 is 0 Å². The van der Waals surface area contributed by atoms with Gasteiger partial charge in [0.25, 0.3) is 5.91 Å². The molecule has 2 rings (SSSR count). The maximum Gasteiger partial charge on any atom is 0.251 e. The summed E-state index contributed by atoms with van der Waals surface area (Å²) >= 11 is 3.33. The maximum atomic E-state index is 11.9. The number of benzene rings is 1. The lowest BCUT2D eigenvalue weighted by atomic mass is 9.99. The Morgan fingerprint density at radius 1 is 1.27 bits per heavy atom. The molecule has 1 heterocycles. The van der Waals surface area contributed by atoms with Gasteiger partial charge in [-0.1, -0.05) is 22.0 Å². The summed E-state index contributed by atoms with van der Waals surface area (Å²) in [5, 5.41) is 8.88. The van der Waals surface area contributed by atoms with E-state index < -0.39 is 0 Å². The average Bonchev–Trinajstić information content (AvgIpc) is 2.52. The van der Waals surface area contributed by atoms with Crippen molar-refractivity contribution in [2.75, 3.05) is 26.2 Å². The molecule has 7 heteroatoms. The highest BCUT2D eigenvalue weighted by Crippen LogP contribution is 2.11. The topological polar surface area (TPSA) is 70.2 Å². The number of hydrogen-bond acceptors (Lipinski definition) is 3. The molecule has 0 radical (unpaired) electrons. The van der Waals surface area contributed by atoms with Crippen molar-refractivity contribution in [3.8, 4) is 0 Å². The lowest BCUT2D eigenvalue weighted by Crippen LogP contribution is -2.42. The number of halogens is 2. The average molecular weight is 391 g/mol. The van der Waals surface area contributed by atoms with E-state index in [0.29, 0.717) is 18.7 Å². The highest BCUT2D eigenvalue weighted by Gasteiger charge is 2.20. The molecule has 1 unspecified atom stereocenters. The van der Waals surface area contributed by atoms with Crippen LogP contribution in [0.2, 0.25) is 0 Å². The van der Waals surface area contributed by atoms with Gasteiger partial charge in [0.1, 0.15) is 0 Å². The summed E-state index contributed by atoms with van der Waals surface area (Å²) in [5.41, 5.74) is 0.604. The van der Waals surface area contributed by atoms with Crippen LogP contribution >= 0.6 is 28.3 Å². The van der Waals surface area contributed by atoms with Gasteiger partial charge in [-0.2, -0.15) is 0 Å². The van der Waals surface area contributed by atoms with Crippen LogP contribution in [0.1, 0.15) is 23.2 Å². The van der Waals surface area contributed by atoms with E-state index in [1.807, 2.05) is 12.1 Å². The highest BCUT2D eigenvalue weighted by molar-refractivity contribution is 9.10. The van der Waals surface area contributed by atoms with Gasteiger partial charge in [0.05, 0.1) is 5.92 Å². The van der Waals surface area contributed by atoms with E-state index in [4.69, 9.17) is 0 Å². The van der Waals surface area contributed by atoms with E-state index in [2.05, 4.69) is 31.9 Å². The Kier molecular flexibility index (Phi) is 8.45. The number of nitrogens with one attached hydrogen (secondary N) is 3. The van der Waals surface area contributed by atoms with Crippen LogP contribution in [-0.4, -0.2) is 38.0 Å².